The van der Waals surface area contributed by atoms with Crippen LogP contribution in [0.5, 0.6) is 0 Å². The van der Waals surface area contributed by atoms with E-state index >= 15 is 0 Å². The number of amides is 1. The minimum Gasteiger partial charge on any atom is -0.468 e. The quantitative estimate of drug-likeness (QED) is 0.517. The number of hydrogen-bond acceptors (Lipinski definition) is 5. The van der Waals surface area contributed by atoms with Gasteiger partial charge in [-0.15, -0.1) is 11.8 Å². The molecule has 2 aromatic carbocycles. The summed E-state index contributed by atoms with van der Waals surface area (Å²) in [6.45, 7) is 0.0582. The van der Waals surface area contributed by atoms with Crippen LogP contribution in [0.1, 0.15) is 12.2 Å². The molecule has 1 amide bonds. The van der Waals surface area contributed by atoms with Crippen LogP contribution in [-0.2, 0) is 21.4 Å². The summed E-state index contributed by atoms with van der Waals surface area (Å²) in [5, 5.41) is 2.75. The standard InChI is InChI=1S/C20H20N2O4S2/c23-20(11-13-27-18-8-2-1-3-9-18)22-16-6-4-10-19(14-16)28(24,25)21-15-17-7-5-12-26-17/h1-10,12,14,21H,11,13,15H2,(H,22,23). The molecule has 0 atom stereocenters. The van der Waals surface area contributed by atoms with Gasteiger partial charge in [0.25, 0.3) is 0 Å². The van der Waals surface area contributed by atoms with Crippen LogP contribution in [-0.4, -0.2) is 20.1 Å². The van der Waals surface area contributed by atoms with E-state index in [9.17, 15) is 13.2 Å². The summed E-state index contributed by atoms with van der Waals surface area (Å²) in [5.74, 6) is 0.990. The SMILES string of the molecule is O=C(CCSc1ccccc1)Nc1cccc(S(=O)(=O)NCc2ccco2)c1. The van der Waals surface area contributed by atoms with Crippen LogP contribution >= 0.6 is 11.8 Å². The van der Waals surface area contributed by atoms with E-state index in [4.69, 9.17) is 4.42 Å². The van der Waals surface area contributed by atoms with E-state index in [1.165, 1.54) is 18.4 Å². The van der Waals surface area contributed by atoms with Crippen LogP contribution in [0.15, 0.2) is 87.2 Å². The normalized spacial score (nSPS) is 11.3. The summed E-state index contributed by atoms with van der Waals surface area (Å²) < 4.78 is 32.4. The number of rotatable bonds is 9. The average molecular weight is 417 g/mol. The number of furan rings is 1. The topological polar surface area (TPSA) is 88.4 Å². The molecule has 0 saturated carbocycles. The molecule has 28 heavy (non-hydrogen) atoms. The number of carbonyl (C=O) groups excluding carboxylic acids is 1. The molecule has 0 aliphatic rings. The molecule has 0 radical (unpaired) electrons. The van der Waals surface area contributed by atoms with Crippen molar-refractivity contribution >= 4 is 33.4 Å². The first-order valence-corrected chi connectivity index (χ1v) is 11.1. The van der Waals surface area contributed by atoms with E-state index < -0.39 is 10.0 Å². The molecule has 0 fully saturated rings. The van der Waals surface area contributed by atoms with Crippen molar-refractivity contribution in [1.29, 1.82) is 0 Å². The Labute approximate surface area is 168 Å². The molecular weight excluding hydrogens is 396 g/mol. The highest BCUT2D eigenvalue weighted by molar-refractivity contribution is 7.99. The van der Waals surface area contributed by atoms with Crippen LogP contribution in [0.3, 0.4) is 0 Å². The van der Waals surface area contributed by atoms with Crippen LogP contribution in [0.4, 0.5) is 5.69 Å². The Morgan fingerprint density at radius 3 is 2.57 bits per heavy atom. The molecule has 0 saturated heterocycles. The Morgan fingerprint density at radius 1 is 1.00 bits per heavy atom. The molecule has 2 N–H and O–H groups in total. The predicted molar refractivity (Wildman–Crippen MR) is 110 cm³/mol. The lowest BCUT2D eigenvalue weighted by molar-refractivity contribution is -0.115. The second-order valence-corrected chi connectivity index (χ2v) is 8.83. The molecule has 3 aromatic rings. The van der Waals surface area contributed by atoms with Crippen LogP contribution in [0, 0.1) is 0 Å². The van der Waals surface area contributed by atoms with Gasteiger partial charge >= 0.3 is 0 Å². The first-order valence-electron chi connectivity index (χ1n) is 8.63. The fourth-order valence-electron chi connectivity index (χ4n) is 2.41. The van der Waals surface area contributed by atoms with Crippen molar-refractivity contribution in [3.05, 3.63) is 78.8 Å². The van der Waals surface area contributed by atoms with E-state index in [0.717, 1.165) is 4.90 Å². The maximum Gasteiger partial charge on any atom is 0.241 e. The maximum absolute atomic E-state index is 12.4. The second-order valence-electron chi connectivity index (χ2n) is 5.89. The number of carbonyl (C=O) groups is 1. The molecule has 6 nitrogen and oxygen atoms in total. The van der Waals surface area contributed by atoms with Gasteiger partial charge in [-0.25, -0.2) is 13.1 Å². The molecule has 8 heteroatoms. The maximum atomic E-state index is 12.4. The molecule has 1 heterocycles. The first kappa shape index (κ1) is 20.2. The molecule has 0 unspecified atom stereocenters. The van der Waals surface area contributed by atoms with Crippen molar-refractivity contribution in [2.24, 2.45) is 0 Å². The number of anilines is 1. The third-order valence-corrected chi connectivity index (χ3v) is 6.20. The van der Waals surface area contributed by atoms with Gasteiger partial charge in [0.1, 0.15) is 5.76 Å². The predicted octanol–water partition coefficient (Wildman–Crippen LogP) is 3.88. The highest BCUT2D eigenvalue weighted by atomic mass is 32.2. The minimum absolute atomic E-state index is 0.0582. The van der Waals surface area contributed by atoms with Gasteiger partial charge in [-0.2, -0.15) is 0 Å². The zero-order valence-corrected chi connectivity index (χ0v) is 16.6. The first-order chi connectivity index (χ1) is 13.5. The Kier molecular flexibility index (Phi) is 6.91. The van der Waals surface area contributed by atoms with Crippen molar-refractivity contribution < 1.29 is 17.6 Å². The van der Waals surface area contributed by atoms with Gasteiger partial charge in [0, 0.05) is 22.8 Å². The summed E-state index contributed by atoms with van der Waals surface area (Å²) in [6.07, 6.45) is 1.81. The lowest BCUT2D eigenvalue weighted by Crippen LogP contribution is -2.23. The molecule has 3 rings (SSSR count). The summed E-state index contributed by atoms with van der Waals surface area (Å²) in [4.78, 5) is 13.3. The number of thioether (sulfide) groups is 1. The van der Waals surface area contributed by atoms with E-state index in [1.807, 2.05) is 30.3 Å². The Morgan fingerprint density at radius 2 is 1.82 bits per heavy atom. The van der Waals surface area contributed by atoms with Crippen LogP contribution in [0.2, 0.25) is 0 Å². The average Bonchev–Trinajstić information content (AvgIpc) is 3.21. The largest absolute Gasteiger partial charge is 0.468 e. The molecule has 1 aromatic heterocycles. The number of benzene rings is 2. The Bertz CT molecular complexity index is 1000. The molecule has 0 aliphatic carbocycles. The third kappa shape index (κ3) is 5.98. The highest BCUT2D eigenvalue weighted by Crippen LogP contribution is 2.19. The molecule has 0 aliphatic heterocycles. The van der Waals surface area contributed by atoms with Gasteiger partial charge in [0.2, 0.25) is 15.9 Å². The Balaban J connectivity index is 1.54. The van der Waals surface area contributed by atoms with Crippen molar-refractivity contribution in [2.75, 3.05) is 11.1 Å². The van der Waals surface area contributed by atoms with E-state index in [2.05, 4.69) is 10.0 Å². The zero-order valence-electron chi connectivity index (χ0n) is 15.0. The van der Waals surface area contributed by atoms with Crippen molar-refractivity contribution in [2.45, 2.75) is 22.8 Å². The van der Waals surface area contributed by atoms with Gasteiger partial charge in [-0.3, -0.25) is 4.79 Å². The number of nitrogens with one attached hydrogen (secondary N) is 2. The Hall–Kier alpha value is -2.55. The van der Waals surface area contributed by atoms with Crippen molar-refractivity contribution in [3.8, 4) is 0 Å². The molecule has 146 valence electrons. The second kappa shape index (κ2) is 9.59. The number of sulfonamides is 1. The monoisotopic (exact) mass is 416 g/mol. The minimum atomic E-state index is -3.71. The fourth-order valence-corrected chi connectivity index (χ4v) is 4.32. The number of hydrogen-bond donors (Lipinski definition) is 2. The van der Waals surface area contributed by atoms with Crippen molar-refractivity contribution in [1.82, 2.24) is 4.72 Å². The summed E-state index contributed by atoms with van der Waals surface area (Å²) in [5.41, 5.74) is 0.440. The molecule has 0 spiro atoms. The van der Waals surface area contributed by atoms with Crippen LogP contribution in [0.25, 0.3) is 0 Å². The molecular formula is C20H20N2O4S2. The summed E-state index contributed by atoms with van der Waals surface area (Å²) in [7, 11) is -3.71. The van der Waals surface area contributed by atoms with Gasteiger partial charge < -0.3 is 9.73 Å². The van der Waals surface area contributed by atoms with Crippen molar-refractivity contribution in [3.63, 3.8) is 0 Å². The van der Waals surface area contributed by atoms with Gasteiger partial charge in [0.15, 0.2) is 0 Å². The van der Waals surface area contributed by atoms with Gasteiger partial charge in [-0.1, -0.05) is 24.3 Å². The van der Waals surface area contributed by atoms with Gasteiger partial charge in [0.05, 0.1) is 17.7 Å². The highest BCUT2D eigenvalue weighted by Gasteiger charge is 2.15. The van der Waals surface area contributed by atoms with Gasteiger partial charge in [-0.05, 0) is 42.5 Å². The van der Waals surface area contributed by atoms with E-state index in [0.29, 0.717) is 23.6 Å². The smallest absolute Gasteiger partial charge is 0.241 e. The fraction of sp³-hybridized carbons (Fsp3) is 0.150. The third-order valence-electron chi connectivity index (χ3n) is 3.79. The van der Waals surface area contributed by atoms with E-state index in [-0.39, 0.29) is 17.3 Å². The summed E-state index contributed by atoms with van der Waals surface area (Å²) in [6, 6.07) is 19.4. The van der Waals surface area contributed by atoms with E-state index in [1.54, 1.807) is 36.0 Å². The lowest BCUT2D eigenvalue weighted by Gasteiger charge is -2.09. The summed E-state index contributed by atoms with van der Waals surface area (Å²) >= 11 is 1.60. The lowest BCUT2D eigenvalue weighted by atomic mass is 10.3. The zero-order chi connectivity index (χ0) is 19.8. The molecule has 0 bridgehead atoms. The van der Waals surface area contributed by atoms with Crippen LogP contribution < -0.4 is 10.0 Å².